The Morgan fingerprint density at radius 2 is 2.07 bits per heavy atom. The molecule has 2 atom stereocenters. The molecular formula is C23H32FN3O. The van der Waals surface area contributed by atoms with E-state index < -0.39 is 0 Å². The minimum atomic E-state index is -0.238. The van der Waals surface area contributed by atoms with E-state index in [-0.39, 0.29) is 28.7 Å². The number of benzene rings is 1. The van der Waals surface area contributed by atoms with E-state index in [0.29, 0.717) is 12.5 Å². The van der Waals surface area contributed by atoms with E-state index in [1.165, 1.54) is 31.7 Å². The summed E-state index contributed by atoms with van der Waals surface area (Å²) in [7, 11) is 0. The molecule has 3 aliphatic rings. The first-order valence-corrected chi connectivity index (χ1v) is 10.8. The third-order valence-corrected chi connectivity index (χ3v) is 7.80. The van der Waals surface area contributed by atoms with Crippen LogP contribution < -0.4 is 5.32 Å². The second-order valence-corrected chi connectivity index (χ2v) is 9.35. The van der Waals surface area contributed by atoms with Crippen molar-refractivity contribution < 1.29 is 9.18 Å². The standard InChI is InChI=1S/C23H32FN3O/c1-4-5-9-20-19(16-7-6-8-18(24)14-16)15-27(26-20)21(28)25-23(3)17-10-12-22(23,2)13-11-17/h6-8,14,17,19H,4-5,9-13,15H2,1-3H3,(H,25,28)/t17-,19-,22+,23+/m1/s1. The maximum Gasteiger partial charge on any atom is 0.338 e. The van der Waals surface area contributed by atoms with Gasteiger partial charge in [-0.1, -0.05) is 32.4 Å². The van der Waals surface area contributed by atoms with E-state index in [9.17, 15) is 9.18 Å². The van der Waals surface area contributed by atoms with Crippen LogP contribution in [0.1, 0.15) is 77.2 Å². The van der Waals surface area contributed by atoms with Crippen molar-refractivity contribution in [2.24, 2.45) is 16.4 Å². The molecule has 2 amide bonds. The summed E-state index contributed by atoms with van der Waals surface area (Å²) in [5.41, 5.74) is 1.93. The van der Waals surface area contributed by atoms with Crippen LogP contribution in [-0.4, -0.2) is 28.8 Å². The van der Waals surface area contributed by atoms with E-state index in [1.807, 2.05) is 6.07 Å². The number of hydrazone groups is 1. The molecule has 2 fully saturated rings. The minimum Gasteiger partial charge on any atom is -0.331 e. The van der Waals surface area contributed by atoms with Crippen LogP contribution >= 0.6 is 0 Å². The largest absolute Gasteiger partial charge is 0.338 e. The molecule has 0 unspecified atom stereocenters. The molecule has 0 spiro atoms. The number of carbonyl (C=O) groups is 1. The number of halogens is 1. The maximum absolute atomic E-state index is 13.8. The highest BCUT2D eigenvalue weighted by molar-refractivity contribution is 5.94. The monoisotopic (exact) mass is 385 g/mol. The summed E-state index contributed by atoms with van der Waals surface area (Å²) in [6.07, 6.45) is 7.71. The molecule has 2 bridgehead atoms. The molecule has 1 N–H and O–H groups in total. The van der Waals surface area contributed by atoms with Gasteiger partial charge in [-0.2, -0.15) is 5.10 Å². The molecule has 0 radical (unpaired) electrons. The lowest BCUT2D eigenvalue weighted by atomic mass is 9.76. The molecule has 1 aliphatic heterocycles. The molecule has 4 nitrogen and oxygen atoms in total. The van der Waals surface area contributed by atoms with E-state index in [1.54, 1.807) is 17.1 Å². The van der Waals surface area contributed by atoms with Gasteiger partial charge in [-0.25, -0.2) is 14.2 Å². The van der Waals surface area contributed by atoms with Gasteiger partial charge in [0, 0.05) is 17.2 Å². The molecule has 28 heavy (non-hydrogen) atoms. The summed E-state index contributed by atoms with van der Waals surface area (Å²) in [4.78, 5) is 13.2. The Morgan fingerprint density at radius 1 is 1.32 bits per heavy atom. The molecule has 0 aromatic heterocycles. The zero-order chi connectivity index (χ0) is 19.9. The first kappa shape index (κ1) is 19.4. The number of hydrogen-bond acceptors (Lipinski definition) is 2. The molecule has 2 saturated carbocycles. The van der Waals surface area contributed by atoms with Crippen LogP contribution in [0.2, 0.25) is 0 Å². The zero-order valence-electron chi connectivity index (χ0n) is 17.3. The minimum absolute atomic E-state index is 0.0170. The highest BCUT2D eigenvalue weighted by atomic mass is 19.1. The quantitative estimate of drug-likeness (QED) is 0.720. The van der Waals surface area contributed by atoms with Crippen LogP contribution in [0.3, 0.4) is 0 Å². The second kappa shape index (κ2) is 7.16. The van der Waals surface area contributed by atoms with E-state index >= 15 is 0 Å². The van der Waals surface area contributed by atoms with Gasteiger partial charge in [0.15, 0.2) is 0 Å². The molecule has 5 heteroatoms. The Kier molecular flexibility index (Phi) is 4.96. The van der Waals surface area contributed by atoms with Gasteiger partial charge in [0.05, 0.1) is 6.54 Å². The van der Waals surface area contributed by atoms with Crippen molar-refractivity contribution >= 4 is 11.7 Å². The van der Waals surface area contributed by atoms with Gasteiger partial charge in [0.25, 0.3) is 0 Å². The van der Waals surface area contributed by atoms with Gasteiger partial charge in [-0.05, 0) is 74.5 Å². The fourth-order valence-electron chi connectivity index (χ4n) is 5.66. The van der Waals surface area contributed by atoms with Gasteiger partial charge in [-0.3, -0.25) is 0 Å². The summed E-state index contributed by atoms with van der Waals surface area (Å²) >= 11 is 0. The van der Waals surface area contributed by atoms with Crippen LogP contribution in [-0.2, 0) is 0 Å². The van der Waals surface area contributed by atoms with Crippen molar-refractivity contribution in [3.63, 3.8) is 0 Å². The van der Waals surface area contributed by atoms with Gasteiger partial charge in [-0.15, -0.1) is 0 Å². The number of carbonyl (C=O) groups excluding carboxylic acids is 1. The molecule has 2 aliphatic carbocycles. The number of fused-ring (bicyclic) bond motifs is 2. The molecule has 0 saturated heterocycles. The average Bonchev–Trinajstić information content (AvgIpc) is 3.27. The number of unbranched alkanes of at least 4 members (excludes halogenated alkanes) is 1. The Bertz CT molecular complexity index is 784. The average molecular weight is 386 g/mol. The van der Waals surface area contributed by atoms with Crippen LogP contribution in [0.15, 0.2) is 29.4 Å². The molecule has 1 aromatic rings. The Labute approximate surface area is 167 Å². The number of nitrogens with one attached hydrogen (secondary N) is 1. The van der Waals surface area contributed by atoms with E-state index in [0.717, 1.165) is 30.5 Å². The SMILES string of the molecule is CCCCC1=NN(C(=O)N[C@@]2(C)[C@H]3CC[C@]2(C)CC3)C[C@@H]1c1cccc(F)c1. The van der Waals surface area contributed by atoms with Gasteiger partial charge < -0.3 is 5.32 Å². The lowest BCUT2D eigenvalue weighted by molar-refractivity contribution is 0.148. The number of amides is 2. The molecule has 152 valence electrons. The van der Waals surface area contributed by atoms with E-state index in [4.69, 9.17) is 5.10 Å². The van der Waals surface area contributed by atoms with Crippen LogP contribution in [0.25, 0.3) is 0 Å². The van der Waals surface area contributed by atoms with Gasteiger partial charge in [0.2, 0.25) is 0 Å². The lowest BCUT2D eigenvalue weighted by Gasteiger charge is -2.39. The van der Waals surface area contributed by atoms with Crippen molar-refractivity contribution in [1.29, 1.82) is 0 Å². The summed E-state index contributed by atoms with van der Waals surface area (Å²) in [6, 6.07) is 6.62. The normalized spacial score (nSPS) is 34.0. The molecular weight excluding hydrogens is 353 g/mol. The third-order valence-electron chi connectivity index (χ3n) is 7.80. The summed E-state index contributed by atoms with van der Waals surface area (Å²) < 4.78 is 13.8. The predicted octanol–water partition coefficient (Wildman–Crippen LogP) is 5.45. The summed E-state index contributed by atoms with van der Waals surface area (Å²) in [6.45, 7) is 7.17. The Morgan fingerprint density at radius 3 is 2.68 bits per heavy atom. The lowest BCUT2D eigenvalue weighted by Crippen LogP contribution is -2.56. The summed E-state index contributed by atoms with van der Waals surface area (Å²) in [5.74, 6) is 0.307. The highest BCUT2D eigenvalue weighted by Gasteiger charge is 2.60. The van der Waals surface area contributed by atoms with Crippen LogP contribution in [0.4, 0.5) is 9.18 Å². The summed E-state index contributed by atoms with van der Waals surface area (Å²) in [5, 5.41) is 9.65. The Hall–Kier alpha value is -1.91. The number of urea groups is 1. The molecule has 4 rings (SSSR count). The number of hydrogen-bond donors (Lipinski definition) is 1. The first-order chi connectivity index (χ1) is 13.4. The third kappa shape index (κ3) is 3.13. The topological polar surface area (TPSA) is 44.7 Å². The number of nitrogens with zero attached hydrogens (tertiary/aromatic N) is 2. The van der Waals surface area contributed by atoms with Gasteiger partial charge >= 0.3 is 6.03 Å². The van der Waals surface area contributed by atoms with Crippen molar-refractivity contribution in [2.45, 2.75) is 77.2 Å². The van der Waals surface area contributed by atoms with Crippen LogP contribution in [0, 0.1) is 17.2 Å². The van der Waals surface area contributed by atoms with Crippen molar-refractivity contribution in [3.8, 4) is 0 Å². The van der Waals surface area contributed by atoms with Crippen molar-refractivity contribution in [2.75, 3.05) is 6.54 Å². The second-order valence-electron chi connectivity index (χ2n) is 9.35. The first-order valence-electron chi connectivity index (χ1n) is 10.8. The predicted molar refractivity (Wildman–Crippen MR) is 110 cm³/mol. The van der Waals surface area contributed by atoms with Gasteiger partial charge in [0.1, 0.15) is 5.82 Å². The molecule has 1 heterocycles. The smallest absolute Gasteiger partial charge is 0.331 e. The van der Waals surface area contributed by atoms with Crippen LogP contribution in [0.5, 0.6) is 0 Å². The van der Waals surface area contributed by atoms with Crippen molar-refractivity contribution in [1.82, 2.24) is 10.3 Å². The zero-order valence-corrected chi connectivity index (χ0v) is 17.3. The van der Waals surface area contributed by atoms with E-state index in [2.05, 4.69) is 26.1 Å². The fourth-order valence-corrected chi connectivity index (χ4v) is 5.66. The molecule has 1 aromatic carbocycles. The van der Waals surface area contributed by atoms with Crippen molar-refractivity contribution in [3.05, 3.63) is 35.6 Å². The number of rotatable bonds is 5. The highest BCUT2D eigenvalue weighted by Crippen LogP contribution is 2.60. The fraction of sp³-hybridized carbons (Fsp3) is 0.652. The maximum atomic E-state index is 13.8. The Balaban J connectivity index is 1.53.